The van der Waals surface area contributed by atoms with Crippen LogP contribution in [0.5, 0.6) is 0 Å². The van der Waals surface area contributed by atoms with E-state index in [4.69, 9.17) is 11.6 Å². The second-order valence-electron chi connectivity index (χ2n) is 3.37. The zero-order valence-corrected chi connectivity index (χ0v) is 10.8. The number of thiophene rings is 1. The molecule has 0 aliphatic carbocycles. The Kier molecular flexibility index (Phi) is 2.66. The quantitative estimate of drug-likeness (QED) is 0.669. The summed E-state index contributed by atoms with van der Waals surface area (Å²) in [4.78, 5) is 12.3. The summed E-state index contributed by atoms with van der Waals surface area (Å²) in [6.45, 7) is 0. The molecule has 0 aliphatic rings. The molecular weight excluding hydrogens is 276 g/mol. The molecule has 0 bridgehead atoms. The maximum absolute atomic E-state index is 10.7. The molecule has 6 heteroatoms. The van der Waals surface area contributed by atoms with Crippen LogP contribution in [0.4, 0.5) is 0 Å². The monoisotopic (exact) mass is 280 g/mol. The summed E-state index contributed by atoms with van der Waals surface area (Å²) in [7, 11) is 0. The van der Waals surface area contributed by atoms with E-state index in [2.05, 4.69) is 8.75 Å². The number of carbonyl (C=O) groups excluding carboxylic acids is 1. The minimum absolute atomic E-state index is 0.629. The summed E-state index contributed by atoms with van der Waals surface area (Å²) < 4.78 is 8.44. The smallest absolute Gasteiger partial charge is 0.160 e. The number of benzene rings is 1. The summed E-state index contributed by atoms with van der Waals surface area (Å²) in [5.74, 6) is 0. The third kappa shape index (κ3) is 1.76. The minimum atomic E-state index is 0.629. The van der Waals surface area contributed by atoms with Crippen molar-refractivity contribution in [1.82, 2.24) is 8.75 Å². The Morgan fingerprint density at radius 2 is 2.06 bits per heavy atom. The second-order valence-corrected chi connectivity index (χ2v) is 5.43. The van der Waals surface area contributed by atoms with Crippen LogP contribution >= 0.6 is 34.7 Å². The van der Waals surface area contributed by atoms with Crippen LogP contribution in [0.3, 0.4) is 0 Å². The van der Waals surface area contributed by atoms with Crippen molar-refractivity contribution in [3.05, 3.63) is 34.2 Å². The molecule has 0 unspecified atom stereocenters. The van der Waals surface area contributed by atoms with E-state index in [-0.39, 0.29) is 0 Å². The lowest BCUT2D eigenvalue weighted by molar-refractivity contribution is 0.112. The van der Waals surface area contributed by atoms with Crippen LogP contribution in [0.2, 0.25) is 5.02 Å². The van der Waals surface area contributed by atoms with Gasteiger partial charge in [0.1, 0.15) is 11.0 Å². The molecule has 17 heavy (non-hydrogen) atoms. The van der Waals surface area contributed by atoms with Crippen molar-refractivity contribution in [1.29, 1.82) is 0 Å². The van der Waals surface area contributed by atoms with E-state index < -0.39 is 0 Å². The Balaban J connectivity index is 2.31. The number of rotatable bonds is 2. The number of carbonyl (C=O) groups is 1. The van der Waals surface area contributed by atoms with E-state index in [9.17, 15) is 4.79 Å². The lowest BCUT2D eigenvalue weighted by Gasteiger charge is -2.01. The maximum atomic E-state index is 10.7. The molecule has 2 heterocycles. The molecule has 0 spiro atoms. The molecule has 0 radical (unpaired) electrons. The van der Waals surface area contributed by atoms with E-state index >= 15 is 0 Å². The highest BCUT2D eigenvalue weighted by molar-refractivity contribution is 7.17. The molecular formula is C11H5ClN2OS2. The van der Waals surface area contributed by atoms with Crippen molar-refractivity contribution in [3.8, 4) is 10.4 Å². The maximum Gasteiger partial charge on any atom is 0.160 e. The van der Waals surface area contributed by atoms with Gasteiger partial charge in [0.25, 0.3) is 0 Å². The van der Waals surface area contributed by atoms with E-state index in [1.165, 1.54) is 11.3 Å². The normalized spacial score (nSPS) is 10.9. The largest absolute Gasteiger partial charge is 0.297 e. The van der Waals surface area contributed by atoms with Crippen molar-refractivity contribution in [2.75, 3.05) is 0 Å². The van der Waals surface area contributed by atoms with Crippen molar-refractivity contribution in [3.63, 3.8) is 0 Å². The predicted octanol–water partition coefficient (Wildman–Crippen LogP) is 3.89. The Labute approximate surface area is 110 Å². The predicted molar refractivity (Wildman–Crippen MR) is 71.1 cm³/mol. The Bertz CT molecular complexity index is 704. The average molecular weight is 281 g/mol. The van der Waals surface area contributed by atoms with Crippen LogP contribution in [0, 0.1) is 0 Å². The molecule has 2 aromatic heterocycles. The summed E-state index contributed by atoms with van der Waals surface area (Å²) >= 11 is 8.76. The summed E-state index contributed by atoms with van der Waals surface area (Å²) in [6, 6.07) is 7.32. The molecule has 3 rings (SSSR count). The first-order valence-electron chi connectivity index (χ1n) is 4.76. The molecule has 0 aliphatic heterocycles. The van der Waals surface area contributed by atoms with Gasteiger partial charge in [0, 0.05) is 10.4 Å². The lowest BCUT2D eigenvalue weighted by atomic mass is 10.1. The number of hydrogen-bond donors (Lipinski definition) is 0. The number of fused-ring (bicyclic) bond motifs is 1. The van der Waals surface area contributed by atoms with Gasteiger partial charge in [0.05, 0.1) is 21.6 Å². The summed E-state index contributed by atoms with van der Waals surface area (Å²) in [6.07, 6.45) is 0.835. The number of aldehydes is 1. The zero-order valence-electron chi connectivity index (χ0n) is 8.38. The number of aromatic nitrogens is 2. The Morgan fingerprint density at radius 1 is 1.18 bits per heavy atom. The first kappa shape index (κ1) is 10.8. The fourth-order valence-corrected chi connectivity index (χ4v) is 3.35. The molecule has 0 N–H and O–H groups in total. The molecule has 0 atom stereocenters. The van der Waals surface area contributed by atoms with Crippen LogP contribution in [0.25, 0.3) is 21.5 Å². The van der Waals surface area contributed by atoms with Gasteiger partial charge in [-0.15, -0.1) is 11.3 Å². The van der Waals surface area contributed by atoms with Crippen molar-refractivity contribution in [2.45, 2.75) is 0 Å². The van der Waals surface area contributed by atoms with Gasteiger partial charge in [-0.1, -0.05) is 11.6 Å². The molecule has 3 nitrogen and oxygen atoms in total. The van der Waals surface area contributed by atoms with E-state index in [1.807, 2.05) is 12.1 Å². The van der Waals surface area contributed by atoms with Crippen LogP contribution in [-0.4, -0.2) is 15.0 Å². The topological polar surface area (TPSA) is 42.9 Å². The third-order valence-corrected chi connectivity index (χ3v) is 4.25. The Hall–Kier alpha value is -1.30. The summed E-state index contributed by atoms with van der Waals surface area (Å²) in [5, 5.41) is 0.629. The highest BCUT2D eigenvalue weighted by Crippen LogP contribution is 2.37. The molecule has 3 aromatic rings. The number of nitrogens with zero attached hydrogens (tertiary/aromatic N) is 2. The van der Waals surface area contributed by atoms with Crippen LogP contribution in [0.15, 0.2) is 24.3 Å². The lowest BCUT2D eigenvalue weighted by Crippen LogP contribution is -1.79. The molecule has 0 fully saturated rings. The Morgan fingerprint density at radius 3 is 2.82 bits per heavy atom. The van der Waals surface area contributed by atoms with Gasteiger partial charge in [-0.05, 0) is 24.3 Å². The second kappa shape index (κ2) is 4.18. The third-order valence-electron chi connectivity index (χ3n) is 2.37. The van der Waals surface area contributed by atoms with Crippen LogP contribution in [-0.2, 0) is 0 Å². The van der Waals surface area contributed by atoms with Crippen LogP contribution in [0.1, 0.15) is 9.67 Å². The molecule has 0 saturated carbocycles. The van der Waals surface area contributed by atoms with Gasteiger partial charge < -0.3 is 0 Å². The van der Waals surface area contributed by atoms with Crippen LogP contribution < -0.4 is 0 Å². The van der Waals surface area contributed by atoms with Crippen molar-refractivity contribution in [2.24, 2.45) is 0 Å². The number of halogens is 1. The highest BCUT2D eigenvalue weighted by atomic mass is 35.5. The van der Waals surface area contributed by atoms with Crippen molar-refractivity contribution >= 4 is 52.0 Å². The van der Waals surface area contributed by atoms with Gasteiger partial charge in [0.15, 0.2) is 6.29 Å². The van der Waals surface area contributed by atoms with E-state index in [1.54, 1.807) is 12.1 Å². The van der Waals surface area contributed by atoms with Gasteiger partial charge in [-0.25, -0.2) is 0 Å². The fourth-order valence-electron chi connectivity index (χ4n) is 1.61. The highest BCUT2D eigenvalue weighted by Gasteiger charge is 2.13. The molecule has 0 amide bonds. The summed E-state index contributed by atoms with van der Waals surface area (Å²) in [5.41, 5.74) is 2.48. The van der Waals surface area contributed by atoms with Gasteiger partial charge >= 0.3 is 0 Å². The molecule has 1 aromatic carbocycles. The minimum Gasteiger partial charge on any atom is -0.297 e. The van der Waals surface area contributed by atoms with Gasteiger partial charge in [-0.2, -0.15) is 8.75 Å². The average Bonchev–Trinajstić information content (AvgIpc) is 2.96. The first-order valence-corrected chi connectivity index (χ1v) is 6.68. The van der Waals surface area contributed by atoms with Gasteiger partial charge in [0.2, 0.25) is 0 Å². The van der Waals surface area contributed by atoms with Crippen molar-refractivity contribution < 1.29 is 4.79 Å². The first-order chi connectivity index (χ1) is 8.29. The number of hydrogen-bond acceptors (Lipinski definition) is 5. The fraction of sp³-hybridized carbons (Fsp3) is 0. The molecule has 0 saturated heterocycles. The standard InChI is InChI=1S/C11H5ClN2OS2/c12-7-2-3-8-11(14-17-13-8)10(7)9-4-1-6(5-15)16-9/h1-5H. The van der Waals surface area contributed by atoms with E-state index in [0.29, 0.717) is 9.90 Å². The SMILES string of the molecule is O=Cc1ccc(-c2c(Cl)ccc3nsnc23)s1. The zero-order chi connectivity index (χ0) is 11.8. The molecule has 84 valence electrons. The van der Waals surface area contributed by atoms with E-state index in [0.717, 1.165) is 39.5 Å². The van der Waals surface area contributed by atoms with Gasteiger partial charge in [-0.3, -0.25) is 4.79 Å².